The van der Waals surface area contributed by atoms with Crippen LogP contribution in [-0.2, 0) is 65.4 Å². The minimum absolute atomic E-state index is 0.106. The van der Waals surface area contributed by atoms with Crippen LogP contribution in [0.3, 0.4) is 0 Å². The van der Waals surface area contributed by atoms with Gasteiger partial charge >= 0.3 is 39.5 Å². The number of rotatable bonds is 69. The summed E-state index contributed by atoms with van der Waals surface area (Å²) in [5, 5.41) is 10.6. The van der Waals surface area contributed by atoms with Gasteiger partial charge in [-0.3, -0.25) is 37.3 Å². The number of ether oxygens (including phenoxy) is 4. The van der Waals surface area contributed by atoms with E-state index in [4.69, 9.17) is 37.0 Å². The minimum atomic E-state index is -4.95. The molecule has 0 saturated carbocycles. The molecule has 0 amide bonds. The lowest BCUT2D eigenvalue weighted by Gasteiger charge is -2.21. The summed E-state index contributed by atoms with van der Waals surface area (Å²) in [6.45, 7) is 7.20. The Morgan fingerprint density at radius 3 is 0.773 bits per heavy atom. The van der Waals surface area contributed by atoms with Gasteiger partial charge in [-0.2, -0.15) is 0 Å². The van der Waals surface area contributed by atoms with Crippen molar-refractivity contribution in [2.24, 2.45) is 5.92 Å². The number of phosphoric ester groups is 2. The number of hydrogen-bond donors (Lipinski definition) is 3. The summed E-state index contributed by atoms with van der Waals surface area (Å²) in [5.41, 5.74) is 0. The third kappa shape index (κ3) is 62.8. The Hall–Kier alpha value is -1.94. The predicted molar refractivity (Wildman–Crippen MR) is 354 cm³/mol. The molecule has 0 saturated heterocycles. The molecule has 0 aliphatic carbocycles. The maximum Gasteiger partial charge on any atom is 0.472 e. The summed E-state index contributed by atoms with van der Waals surface area (Å²) in [5.74, 6) is -1.36. The van der Waals surface area contributed by atoms with Gasteiger partial charge in [0.25, 0.3) is 0 Å². The smallest absolute Gasteiger partial charge is 0.462 e. The Morgan fingerprint density at radius 2 is 0.523 bits per heavy atom. The highest BCUT2D eigenvalue weighted by Crippen LogP contribution is 2.45. The van der Waals surface area contributed by atoms with Crippen LogP contribution in [0.4, 0.5) is 0 Å². The van der Waals surface area contributed by atoms with E-state index in [0.717, 1.165) is 109 Å². The first-order valence-electron chi connectivity index (χ1n) is 36.1. The number of carbonyl (C=O) groups is 4. The number of esters is 4. The highest BCUT2D eigenvalue weighted by Gasteiger charge is 2.30. The molecule has 0 bridgehead atoms. The van der Waals surface area contributed by atoms with Gasteiger partial charge in [0, 0.05) is 25.7 Å². The Bertz CT molecular complexity index is 1700. The van der Waals surface area contributed by atoms with E-state index in [0.29, 0.717) is 25.7 Å². The summed E-state index contributed by atoms with van der Waals surface area (Å²) >= 11 is 0. The van der Waals surface area contributed by atoms with Gasteiger partial charge in [0.1, 0.15) is 19.3 Å². The number of aliphatic hydroxyl groups excluding tert-OH is 1. The molecule has 17 nitrogen and oxygen atoms in total. The highest BCUT2D eigenvalue weighted by molar-refractivity contribution is 7.47. The SMILES string of the molecule is CCCCCCCCCCCCCCCCCCCC(=O)O[C@H](COC(=O)CCCCCCCCCCCCCC(C)C)COP(=O)(O)OC[C@@H](O)COP(=O)(O)OC[C@@H](COC(=O)CCCCCCCCC)OC(=O)CCCCCCCCCCCC. The molecule has 0 aromatic carbocycles. The molecule has 0 spiro atoms. The van der Waals surface area contributed by atoms with E-state index < -0.39 is 97.5 Å². The van der Waals surface area contributed by atoms with Gasteiger partial charge in [-0.1, -0.05) is 304 Å². The summed E-state index contributed by atoms with van der Waals surface area (Å²) in [6.07, 6.45) is 48.7. The molecule has 3 N–H and O–H groups in total. The average molecular weight is 1300 g/mol. The fourth-order valence-corrected chi connectivity index (χ4v) is 12.0. The van der Waals surface area contributed by atoms with Crippen molar-refractivity contribution in [3.63, 3.8) is 0 Å². The Balaban J connectivity index is 5.19. The van der Waals surface area contributed by atoms with Crippen molar-refractivity contribution < 1.29 is 80.2 Å². The molecular formula is C69H134O17P2. The van der Waals surface area contributed by atoms with E-state index in [1.54, 1.807) is 0 Å². The van der Waals surface area contributed by atoms with Crippen LogP contribution in [0.5, 0.6) is 0 Å². The van der Waals surface area contributed by atoms with Crippen LogP contribution in [0.1, 0.15) is 356 Å². The van der Waals surface area contributed by atoms with Crippen LogP contribution in [0.2, 0.25) is 0 Å². The number of hydrogen-bond acceptors (Lipinski definition) is 15. The Kier molecular flexibility index (Phi) is 61.1. The predicted octanol–water partition coefficient (Wildman–Crippen LogP) is 19.7. The van der Waals surface area contributed by atoms with Crippen molar-refractivity contribution in [3.05, 3.63) is 0 Å². The largest absolute Gasteiger partial charge is 0.472 e. The molecule has 0 heterocycles. The summed E-state index contributed by atoms with van der Waals surface area (Å²) < 4.78 is 68.1. The molecule has 0 fully saturated rings. The standard InChI is InChI=1S/C69H134O17P2/c1-6-9-12-15-18-20-22-23-24-25-26-27-30-35-40-45-50-55-69(74)86-65(59-80-67(72)53-48-43-38-34-31-28-29-32-37-41-46-51-62(4)5)61-84-88(77,78)82-57-63(70)56-81-87(75,76)83-60-64(58-79-66(71)52-47-42-36-17-14-11-8-3)85-68(73)54-49-44-39-33-21-19-16-13-10-7-2/h62-65,70H,6-61H2,1-5H3,(H,75,76)(H,77,78)/t63-,64+,65+/m0/s1. The molecule has 19 heteroatoms. The van der Waals surface area contributed by atoms with E-state index in [2.05, 4.69) is 34.6 Å². The Labute approximate surface area is 537 Å². The van der Waals surface area contributed by atoms with Crippen LogP contribution < -0.4 is 0 Å². The second-order valence-electron chi connectivity index (χ2n) is 25.4. The van der Waals surface area contributed by atoms with Crippen molar-refractivity contribution in [2.45, 2.75) is 374 Å². The van der Waals surface area contributed by atoms with Crippen molar-refractivity contribution in [1.29, 1.82) is 0 Å². The van der Waals surface area contributed by atoms with Gasteiger partial charge in [0.2, 0.25) is 0 Å². The molecule has 0 radical (unpaired) electrons. The van der Waals surface area contributed by atoms with E-state index in [1.165, 1.54) is 167 Å². The maximum absolute atomic E-state index is 13.0. The second-order valence-corrected chi connectivity index (χ2v) is 28.3. The molecule has 0 aromatic heterocycles. The normalized spacial score (nSPS) is 14.1. The quantitative estimate of drug-likeness (QED) is 0.0222. The van der Waals surface area contributed by atoms with Crippen LogP contribution >= 0.6 is 15.6 Å². The lowest BCUT2D eigenvalue weighted by atomic mass is 10.0. The monoisotopic (exact) mass is 1300 g/mol. The third-order valence-electron chi connectivity index (χ3n) is 16.0. The first-order chi connectivity index (χ1) is 42.5. The van der Waals surface area contributed by atoms with Crippen molar-refractivity contribution in [3.8, 4) is 0 Å². The zero-order valence-corrected chi connectivity index (χ0v) is 58.6. The van der Waals surface area contributed by atoms with E-state index in [-0.39, 0.29) is 25.7 Å². The van der Waals surface area contributed by atoms with Crippen LogP contribution in [0.15, 0.2) is 0 Å². The van der Waals surface area contributed by atoms with Crippen molar-refractivity contribution in [1.82, 2.24) is 0 Å². The number of carbonyl (C=O) groups excluding carboxylic acids is 4. The first kappa shape index (κ1) is 86.1. The summed E-state index contributed by atoms with van der Waals surface area (Å²) in [7, 11) is -9.89. The van der Waals surface area contributed by atoms with E-state index >= 15 is 0 Å². The molecule has 522 valence electrons. The number of phosphoric acid groups is 2. The van der Waals surface area contributed by atoms with Crippen molar-refractivity contribution >= 4 is 39.5 Å². The van der Waals surface area contributed by atoms with Gasteiger partial charge in [0.15, 0.2) is 12.2 Å². The van der Waals surface area contributed by atoms with E-state index in [9.17, 15) is 43.2 Å². The van der Waals surface area contributed by atoms with Gasteiger partial charge in [-0.15, -0.1) is 0 Å². The fraction of sp³-hybridized carbons (Fsp3) is 0.942. The van der Waals surface area contributed by atoms with Crippen LogP contribution in [-0.4, -0.2) is 96.7 Å². The van der Waals surface area contributed by atoms with Crippen LogP contribution in [0, 0.1) is 5.92 Å². The number of aliphatic hydroxyl groups is 1. The molecule has 88 heavy (non-hydrogen) atoms. The Morgan fingerprint density at radius 1 is 0.307 bits per heavy atom. The zero-order chi connectivity index (χ0) is 64.9. The van der Waals surface area contributed by atoms with Gasteiger partial charge < -0.3 is 33.8 Å². The summed E-state index contributed by atoms with van der Waals surface area (Å²) in [4.78, 5) is 72.3. The third-order valence-corrected chi connectivity index (χ3v) is 17.9. The zero-order valence-electron chi connectivity index (χ0n) is 56.9. The lowest BCUT2D eigenvalue weighted by molar-refractivity contribution is -0.161. The van der Waals surface area contributed by atoms with Gasteiger partial charge in [-0.25, -0.2) is 9.13 Å². The molecule has 0 aliphatic rings. The molecule has 0 rings (SSSR count). The van der Waals surface area contributed by atoms with Gasteiger partial charge in [-0.05, 0) is 31.6 Å². The average Bonchev–Trinajstić information content (AvgIpc) is 3.71. The second kappa shape index (κ2) is 62.5. The summed E-state index contributed by atoms with van der Waals surface area (Å²) in [6, 6.07) is 0. The molecule has 5 atom stereocenters. The van der Waals surface area contributed by atoms with Crippen molar-refractivity contribution in [2.75, 3.05) is 39.6 Å². The first-order valence-corrected chi connectivity index (χ1v) is 39.1. The minimum Gasteiger partial charge on any atom is -0.462 e. The lowest BCUT2D eigenvalue weighted by Crippen LogP contribution is -2.30. The highest BCUT2D eigenvalue weighted by atomic mass is 31.2. The fourth-order valence-electron chi connectivity index (χ4n) is 10.5. The van der Waals surface area contributed by atoms with E-state index in [1.807, 2.05) is 0 Å². The van der Waals surface area contributed by atoms with Gasteiger partial charge in [0.05, 0.1) is 26.4 Å². The maximum atomic E-state index is 13.0. The number of unbranched alkanes of at least 4 members (excludes halogenated alkanes) is 41. The molecular weight excluding hydrogens is 1160 g/mol. The molecule has 2 unspecified atom stereocenters. The molecule has 0 aromatic rings. The molecule has 0 aliphatic heterocycles. The van der Waals surface area contributed by atoms with Crippen LogP contribution in [0.25, 0.3) is 0 Å². The topological polar surface area (TPSA) is 237 Å².